The number of benzene rings is 2. The van der Waals surface area contributed by atoms with E-state index in [2.05, 4.69) is 5.32 Å². The van der Waals surface area contributed by atoms with Gasteiger partial charge in [-0.1, -0.05) is 29.8 Å². The Labute approximate surface area is 149 Å². The van der Waals surface area contributed by atoms with Crippen LogP contribution in [0.15, 0.2) is 47.4 Å². The number of nitrogens with one attached hydrogen (secondary N) is 1. The predicted molar refractivity (Wildman–Crippen MR) is 94.0 cm³/mol. The molecule has 134 valence electrons. The first kappa shape index (κ1) is 19.1. The van der Waals surface area contributed by atoms with Crippen molar-refractivity contribution < 1.29 is 18.4 Å². The summed E-state index contributed by atoms with van der Waals surface area (Å²) in [5.74, 6) is 0. The molecule has 1 atom stereocenters. The normalized spacial score (nSPS) is 13.9. The van der Waals surface area contributed by atoms with Crippen LogP contribution in [0.5, 0.6) is 0 Å². The average Bonchev–Trinajstić information content (AvgIpc) is 2.51. The van der Waals surface area contributed by atoms with Crippen LogP contribution in [0.2, 0.25) is 5.02 Å². The molecule has 0 fully saturated rings. The lowest BCUT2D eigenvalue weighted by Crippen LogP contribution is -2.31. The Bertz CT molecular complexity index is 915. The Hall–Kier alpha value is -2.20. The van der Waals surface area contributed by atoms with E-state index >= 15 is 0 Å². The number of para-hydroxylation sites is 1. The number of rotatable bonds is 6. The van der Waals surface area contributed by atoms with Gasteiger partial charge in [0.25, 0.3) is 0 Å². The first-order valence-electron chi connectivity index (χ1n) is 7.05. The van der Waals surface area contributed by atoms with E-state index in [0.717, 1.165) is 6.07 Å². The monoisotopic (exact) mass is 385 g/mol. The number of nitro benzene ring substituents is 1. The summed E-state index contributed by atoms with van der Waals surface area (Å²) in [6, 6.07) is 10.2. The maximum absolute atomic E-state index is 11.6. The highest BCUT2D eigenvalue weighted by Gasteiger charge is 2.29. The largest absolute Gasteiger partial charge is 0.384 e. The standard InChI is InChI=1S/C15H16ClN3O5S/c1-15(20,10-4-2-5-11(16)8-10)9-18-12-6-3-7-13(25(17,23)24)14(12)19(21)22/h2-8,18,20H,9H2,1H3,(H2,17,23,24). The fourth-order valence-electron chi connectivity index (χ4n) is 2.28. The molecule has 0 aliphatic heterocycles. The van der Waals surface area contributed by atoms with Crippen molar-refractivity contribution >= 4 is 33.0 Å². The molecule has 2 rings (SSSR count). The van der Waals surface area contributed by atoms with E-state index in [1.165, 1.54) is 19.1 Å². The number of nitrogens with zero attached hydrogens (tertiary/aromatic N) is 1. The molecule has 2 aromatic rings. The molecule has 0 amide bonds. The summed E-state index contributed by atoms with van der Waals surface area (Å²) in [5, 5.41) is 30.1. The molecule has 0 heterocycles. The van der Waals surface area contributed by atoms with E-state index in [4.69, 9.17) is 16.7 Å². The quantitative estimate of drug-likeness (QED) is 0.515. The summed E-state index contributed by atoms with van der Waals surface area (Å²) < 4.78 is 23.1. The Morgan fingerprint density at radius 3 is 2.52 bits per heavy atom. The highest BCUT2D eigenvalue weighted by molar-refractivity contribution is 7.89. The van der Waals surface area contributed by atoms with E-state index in [9.17, 15) is 23.6 Å². The van der Waals surface area contributed by atoms with Crippen LogP contribution in [0, 0.1) is 10.1 Å². The van der Waals surface area contributed by atoms with Crippen molar-refractivity contribution in [2.75, 3.05) is 11.9 Å². The zero-order valence-corrected chi connectivity index (χ0v) is 14.7. The lowest BCUT2D eigenvalue weighted by Gasteiger charge is -2.25. The minimum Gasteiger partial charge on any atom is -0.384 e. The number of hydrogen-bond donors (Lipinski definition) is 3. The Kier molecular flexibility index (Phi) is 5.33. The molecule has 0 spiro atoms. The lowest BCUT2D eigenvalue weighted by molar-refractivity contribution is -0.386. The van der Waals surface area contributed by atoms with Crippen LogP contribution >= 0.6 is 11.6 Å². The lowest BCUT2D eigenvalue weighted by atomic mass is 9.96. The van der Waals surface area contributed by atoms with Crippen molar-refractivity contribution in [1.29, 1.82) is 0 Å². The fourth-order valence-corrected chi connectivity index (χ4v) is 3.19. The molecular formula is C15H16ClN3O5S. The molecule has 0 aliphatic rings. The maximum atomic E-state index is 11.6. The number of aliphatic hydroxyl groups is 1. The minimum absolute atomic E-state index is 0.0705. The van der Waals surface area contributed by atoms with Gasteiger partial charge in [-0.25, -0.2) is 13.6 Å². The summed E-state index contributed by atoms with van der Waals surface area (Å²) in [5.41, 5.74) is -1.65. The second-order valence-corrected chi connectivity index (χ2v) is 7.56. The molecule has 4 N–H and O–H groups in total. The van der Waals surface area contributed by atoms with Crippen LogP contribution in [0.25, 0.3) is 0 Å². The number of hydrogen-bond acceptors (Lipinski definition) is 6. The number of nitrogens with two attached hydrogens (primary N) is 1. The molecule has 1 unspecified atom stereocenters. The van der Waals surface area contributed by atoms with E-state index in [1.54, 1.807) is 24.3 Å². The fraction of sp³-hybridized carbons (Fsp3) is 0.200. The van der Waals surface area contributed by atoms with Gasteiger partial charge in [-0.3, -0.25) is 10.1 Å². The van der Waals surface area contributed by atoms with Crippen LogP contribution in [-0.4, -0.2) is 25.0 Å². The molecule has 0 aromatic heterocycles. The number of halogens is 1. The van der Waals surface area contributed by atoms with E-state index in [0.29, 0.717) is 10.6 Å². The Morgan fingerprint density at radius 2 is 1.96 bits per heavy atom. The van der Waals surface area contributed by atoms with Crippen molar-refractivity contribution in [1.82, 2.24) is 0 Å². The first-order valence-corrected chi connectivity index (χ1v) is 8.97. The van der Waals surface area contributed by atoms with Crippen molar-refractivity contribution in [3.63, 3.8) is 0 Å². The van der Waals surface area contributed by atoms with Crippen LogP contribution < -0.4 is 10.5 Å². The van der Waals surface area contributed by atoms with Crippen molar-refractivity contribution in [3.8, 4) is 0 Å². The molecule has 0 aliphatic carbocycles. The summed E-state index contributed by atoms with van der Waals surface area (Å²) in [4.78, 5) is 9.85. The second kappa shape index (κ2) is 6.96. The summed E-state index contributed by atoms with van der Waals surface area (Å²) in [7, 11) is -4.27. The second-order valence-electron chi connectivity index (χ2n) is 5.59. The summed E-state index contributed by atoms with van der Waals surface area (Å²) >= 11 is 5.90. The van der Waals surface area contributed by atoms with Crippen LogP contribution in [0.3, 0.4) is 0 Å². The van der Waals surface area contributed by atoms with Gasteiger partial charge in [0.05, 0.1) is 4.92 Å². The third-order valence-corrected chi connectivity index (χ3v) is 4.74. The highest BCUT2D eigenvalue weighted by Crippen LogP contribution is 2.32. The number of sulfonamides is 1. The van der Waals surface area contributed by atoms with Gasteiger partial charge in [0.1, 0.15) is 11.3 Å². The third kappa shape index (κ3) is 4.45. The zero-order chi connectivity index (χ0) is 18.8. The van der Waals surface area contributed by atoms with Gasteiger partial charge in [-0.2, -0.15) is 0 Å². The van der Waals surface area contributed by atoms with Crippen molar-refractivity contribution in [2.24, 2.45) is 5.14 Å². The first-order chi connectivity index (χ1) is 11.5. The van der Waals surface area contributed by atoms with E-state index in [-0.39, 0.29) is 12.2 Å². The number of nitro groups is 1. The Morgan fingerprint density at radius 1 is 1.32 bits per heavy atom. The highest BCUT2D eigenvalue weighted by atomic mass is 35.5. The zero-order valence-electron chi connectivity index (χ0n) is 13.1. The number of anilines is 1. The minimum atomic E-state index is -4.27. The SMILES string of the molecule is CC(O)(CNc1cccc(S(N)(=O)=O)c1[N+](=O)[O-])c1cccc(Cl)c1. The van der Waals surface area contributed by atoms with Gasteiger partial charge in [0.2, 0.25) is 10.0 Å². The van der Waals surface area contributed by atoms with E-state index < -0.39 is 31.1 Å². The van der Waals surface area contributed by atoms with Gasteiger partial charge < -0.3 is 10.4 Å². The van der Waals surface area contributed by atoms with Gasteiger partial charge in [0.15, 0.2) is 4.90 Å². The van der Waals surface area contributed by atoms with E-state index in [1.807, 2.05) is 0 Å². The molecule has 25 heavy (non-hydrogen) atoms. The third-order valence-electron chi connectivity index (χ3n) is 3.56. The molecule has 2 aromatic carbocycles. The molecule has 10 heteroatoms. The van der Waals surface area contributed by atoms with Crippen LogP contribution in [0.4, 0.5) is 11.4 Å². The molecule has 0 radical (unpaired) electrons. The van der Waals surface area contributed by atoms with Crippen molar-refractivity contribution in [3.05, 3.63) is 63.2 Å². The molecule has 0 bridgehead atoms. The van der Waals surface area contributed by atoms with Gasteiger partial charge in [-0.15, -0.1) is 0 Å². The number of primary sulfonamides is 1. The summed E-state index contributed by atoms with van der Waals surface area (Å²) in [6.45, 7) is 1.38. The van der Waals surface area contributed by atoms with Crippen LogP contribution in [0.1, 0.15) is 12.5 Å². The maximum Gasteiger partial charge on any atom is 0.312 e. The average molecular weight is 386 g/mol. The predicted octanol–water partition coefficient (Wildman–Crippen LogP) is 2.22. The van der Waals surface area contributed by atoms with Gasteiger partial charge in [0, 0.05) is 11.6 Å². The van der Waals surface area contributed by atoms with Gasteiger partial charge >= 0.3 is 5.69 Å². The smallest absolute Gasteiger partial charge is 0.312 e. The summed E-state index contributed by atoms with van der Waals surface area (Å²) in [6.07, 6.45) is 0. The molecule has 0 saturated heterocycles. The van der Waals surface area contributed by atoms with Crippen molar-refractivity contribution in [2.45, 2.75) is 17.4 Å². The molecule has 8 nitrogen and oxygen atoms in total. The topological polar surface area (TPSA) is 136 Å². The van der Waals surface area contributed by atoms with Crippen LogP contribution in [-0.2, 0) is 15.6 Å². The van der Waals surface area contributed by atoms with Gasteiger partial charge in [-0.05, 0) is 36.8 Å². The molecular weight excluding hydrogens is 370 g/mol. The Balaban J connectivity index is 2.36. The molecule has 0 saturated carbocycles.